The van der Waals surface area contributed by atoms with Gasteiger partial charge in [-0.25, -0.2) is 0 Å². The molecule has 1 aromatic rings. The van der Waals surface area contributed by atoms with Crippen LogP contribution in [0.4, 0.5) is 0 Å². The number of rotatable bonds is 8. The van der Waals surface area contributed by atoms with Crippen molar-refractivity contribution in [2.75, 3.05) is 53.9 Å². The largest absolute Gasteiger partial charge is 0.356 e. The summed E-state index contributed by atoms with van der Waals surface area (Å²) in [5, 5.41) is 6.72. The van der Waals surface area contributed by atoms with Crippen LogP contribution < -0.4 is 10.6 Å². The van der Waals surface area contributed by atoms with Gasteiger partial charge in [0.2, 0.25) is 0 Å². The van der Waals surface area contributed by atoms with Gasteiger partial charge >= 0.3 is 0 Å². The number of likely N-dealkylation sites (tertiary alicyclic amines) is 1. The van der Waals surface area contributed by atoms with E-state index in [2.05, 4.69) is 26.6 Å². The molecule has 1 fully saturated rings. The Kier molecular flexibility index (Phi) is 11.3. The van der Waals surface area contributed by atoms with Crippen molar-refractivity contribution < 1.29 is 4.79 Å². The fourth-order valence-corrected chi connectivity index (χ4v) is 3.18. The Labute approximate surface area is 180 Å². The number of nitrogens with one attached hydrogen (secondary N) is 2. The molecule has 6 nitrogen and oxygen atoms in total. The van der Waals surface area contributed by atoms with E-state index in [1.165, 1.54) is 25.9 Å². The van der Waals surface area contributed by atoms with E-state index in [1.807, 2.05) is 18.2 Å². The standard InChI is InChI=1S/C20H33N5O.HI/c1-21-20(22-11-7-15-25-13-4-5-14-25)23-12-10-17-8-6-9-18(16-17)19(26)24(2)3;/h6,8-9,16H,4-5,7,10-15H2,1-3H3,(H2,21,22,23);1H. The monoisotopic (exact) mass is 487 g/mol. The van der Waals surface area contributed by atoms with Crippen molar-refractivity contribution in [3.8, 4) is 0 Å². The first-order valence-corrected chi connectivity index (χ1v) is 9.57. The molecule has 1 aromatic carbocycles. The Balaban J connectivity index is 0.00000364. The van der Waals surface area contributed by atoms with Gasteiger partial charge in [0.25, 0.3) is 5.91 Å². The molecule has 1 aliphatic rings. The Morgan fingerprint density at radius 2 is 1.89 bits per heavy atom. The lowest BCUT2D eigenvalue weighted by atomic mass is 10.1. The van der Waals surface area contributed by atoms with Crippen LogP contribution in [0.15, 0.2) is 29.3 Å². The van der Waals surface area contributed by atoms with Gasteiger partial charge in [-0.1, -0.05) is 12.1 Å². The summed E-state index contributed by atoms with van der Waals surface area (Å²) < 4.78 is 0. The van der Waals surface area contributed by atoms with Crippen LogP contribution in [0.5, 0.6) is 0 Å². The average molecular weight is 487 g/mol. The third-order valence-electron chi connectivity index (χ3n) is 4.65. The zero-order valence-corrected chi connectivity index (χ0v) is 19.2. The second kappa shape index (κ2) is 12.9. The van der Waals surface area contributed by atoms with Crippen LogP contribution in [-0.2, 0) is 6.42 Å². The molecule has 1 amide bonds. The summed E-state index contributed by atoms with van der Waals surface area (Å²) in [6, 6.07) is 7.83. The third-order valence-corrected chi connectivity index (χ3v) is 4.65. The van der Waals surface area contributed by atoms with Crippen molar-refractivity contribution in [1.29, 1.82) is 0 Å². The number of hydrogen-bond donors (Lipinski definition) is 2. The first kappa shape index (κ1) is 23.7. The minimum Gasteiger partial charge on any atom is -0.356 e. The molecule has 0 aliphatic carbocycles. The lowest BCUT2D eigenvalue weighted by Gasteiger charge is -2.16. The van der Waals surface area contributed by atoms with E-state index < -0.39 is 0 Å². The van der Waals surface area contributed by atoms with Crippen LogP contribution in [0.25, 0.3) is 0 Å². The molecule has 1 aliphatic heterocycles. The normalized spacial score (nSPS) is 14.6. The van der Waals surface area contributed by atoms with Crippen LogP contribution in [-0.4, -0.2) is 75.5 Å². The number of guanidine groups is 1. The summed E-state index contributed by atoms with van der Waals surface area (Å²) in [5.74, 6) is 0.877. The zero-order chi connectivity index (χ0) is 18.8. The second-order valence-electron chi connectivity index (χ2n) is 6.98. The SMILES string of the molecule is CN=C(NCCCN1CCCC1)NCCc1cccc(C(=O)N(C)C)c1.I. The highest BCUT2D eigenvalue weighted by Gasteiger charge is 2.10. The number of benzene rings is 1. The average Bonchev–Trinajstić information content (AvgIpc) is 3.16. The van der Waals surface area contributed by atoms with Crippen LogP contribution in [0.3, 0.4) is 0 Å². The molecule has 0 aromatic heterocycles. The highest BCUT2D eigenvalue weighted by atomic mass is 127. The van der Waals surface area contributed by atoms with Crippen LogP contribution in [0.2, 0.25) is 0 Å². The summed E-state index contributed by atoms with van der Waals surface area (Å²) in [5.41, 5.74) is 1.88. The maximum absolute atomic E-state index is 12.0. The molecule has 2 rings (SSSR count). The molecule has 1 heterocycles. The Morgan fingerprint density at radius 3 is 2.56 bits per heavy atom. The number of amides is 1. The van der Waals surface area contributed by atoms with Gasteiger partial charge in [0.1, 0.15) is 0 Å². The van der Waals surface area contributed by atoms with E-state index >= 15 is 0 Å². The van der Waals surface area contributed by atoms with Crippen molar-refractivity contribution in [3.63, 3.8) is 0 Å². The van der Waals surface area contributed by atoms with Crippen LogP contribution >= 0.6 is 24.0 Å². The number of halogens is 1. The molecule has 0 radical (unpaired) electrons. The van der Waals surface area contributed by atoms with E-state index in [0.717, 1.165) is 49.6 Å². The van der Waals surface area contributed by atoms with Crippen LogP contribution in [0, 0.1) is 0 Å². The van der Waals surface area contributed by atoms with Crippen molar-refractivity contribution in [3.05, 3.63) is 35.4 Å². The molecular weight excluding hydrogens is 453 g/mol. The maximum Gasteiger partial charge on any atom is 0.253 e. The molecule has 2 N–H and O–H groups in total. The number of aliphatic imine (C=N–C) groups is 1. The fraction of sp³-hybridized carbons (Fsp3) is 0.600. The Bertz CT molecular complexity index is 600. The summed E-state index contributed by atoms with van der Waals surface area (Å²) in [7, 11) is 5.35. The molecule has 1 saturated heterocycles. The fourth-order valence-electron chi connectivity index (χ4n) is 3.18. The third kappa shape index (κ3) is 8.47. The lowest BCUT2D eigenvalue weighted by Crippen LogP contribution is -2.39. The van der Waals surface area contributed by atoms with E-state index in [9.17, 15) is 4.79 Å². The summed E-state index contributed by atoms with van der Waals surface area (Å²) in [6.07, 6.45) is 4.68. The number of carbonyl (C=O) groups is 1. The maximum atomic E-state index is 12.0. The van der Waals surface area contributed by atoms with Gasteiger partial charge in [-0.3, -0.25) is 9.79 Å². The molecular formula is C20H34IN5O. The van der Waals surface area contributed by atoms with Crippen molar-refractivity contribution in [2.45, 2.75) is 25.7 Å². The Hall–Kier alpha value is -1.35. The van der Waals surface area contributed by atoms with Gasteiger partial charge < -0.3 is 20.4 Å². The molecule has 7 heteroatoms. The minimum absolute atomic E-state index is 0. The molecule has 0 atom stereocenters. The van der Waals surface area contributed by atoms with Crippen molar-refractivity contribution in [1.82, 2.24) is 20.4 Å². The molecule has 0 saturated carbocycles. The molecule has 0 spiro atoms. The highest BCUT2D eigenvalue weighted by molar-refractivity contribution is 14.0. The van der Waals surface area contributed by atoms with Gasteiger partial charge in [-0.2, -0.15) is 0 Å². The summed E-state index contributed by atoms with van der Waals surface area (Å²) in [6.45, 7) is 5.38. The van der Waals surface area contributed by atoms with Gasteiger partial charge in [0, 0.05) is 39.8 Å². The number of nitrogens with zero attached hydrogens (tertiary/aromatic N) is 3. The van der Waals surface area contributed by atoms with Crippen molar-refractivity contribution >= 4 is 35.8 Å². The zero-order valence-electron chi connectivity index (χ0n) is 16.8. The summed E-state index contributed by atoms with van der Waals surface area (Å²) in [4.78, 5) is 20.5. The molecule has 152 valence electrons. The minimum atomic E-state index is 0. The Morgan fingerprint density at radius 1 is 1.19 bits per heavy atom. The highest BCUT2D eigenvalue weighted by Crippen LogP contribution is 2.08. The van der Waals surface area contributed by atoms with E-state index in [-0.39, 0.29) is 29.9 Å². The van der Waals surface area contributed by atoms with Crippen molar-refractivity contribution in [2.24, 2.45) is 4.99 Å². The number of hydrogen-bond acceptors (Lipinski definition) is 3. The van der Waals surface area contributed by atoms with Gasteiger partial charge in [-0.15, -0.1) is 24.0 Å². The van der Waals surface area contributed by atoms with E-state index in [1.54, 1.807) is 26.0 Å². The van der Waals surface area contributed by atoms with Crippen LogP contribution in [0.1, 0.15) is 35.2 Å². The molecule has 0 unspecified atom stereocenters. The smallest absolute Gasteiger partial charge is 0.253 e. The number of carbonyl (C=O) groups excluding carboxylic acids is 1. The topological polar surface area (TPSA) is 60.0 Å². The summed E-state index contributed by atoms with van der Waals surface area (Å²) >= 11 is 0. The first-order valence-electron chi connectivity index (χ1n) is 9.57. The lowest BCUT2D eigenvalue weighted by molar-refractivity contribution is 0.0827. The molecule has 27 heavy (non-hydrogen) atoms. The van der Waals surface area contributed by atoms with Gasteiger partial charge in [-0.05, 0) is 63.0 Å². The molecule has 0 bridgehead atoms. The van der Waals surface area contributed by atoms with E-state index in [4.69, 9.17) is 0 Å². The first-order chi connectivity index (χ1) is 12.6. The second-order valence-corrected chi connectivity index (χ2v) is 6.98. The van der Waals surface area contributed by atoms with Gasteiger partial charge in [0.15, 0.2) is 5.96 Å². The predicted octanol–water partition coefficient (Wildman–Crippen LogP) is 2.20. The quantitative estimate of drug-likeness (QED) is 0.256. The van der Waals surface area contributed by atoms with E-state index in [0.29, 0.717) is 0 Å². The predicted molar refractivity (Wildman–Crippen MR) is 123 cm³/mol. The van der Waals surface area contributed by atoms with Gasteiger partial charge in [0.05, 0.1) is 0 Å².